The van der Waals surface area contributed by atoms with Crippen LogP contribution in [0.3, 0.4) is 0 Å². The number of benzene rings is 8. The molecule has 0 atom stereocenters. The van der Waals surface area contributed by atoms with Crippen molar-refractivity contribution in [1.82, 2.24) is 14.5 Å². The molecule has 4 heterocycles. The van der Waals surface area contributed by atoms with Crippen molar-refractivity contribution in [2.75, 3.05) is 0 Å². The van der Waals surface area contributed by atoms with Crippen molar-refractivity contribution in [1.29, 1.82) is 0 Å². The monoisotopic (exact) mass is 667 g/mol. The van der Waals surface area contributed by atoms with E-state index in [1.54, 1.807) is 0 Å². The first-order valence-electron chi connectivity index (χ1n) is 17.2. The Labute approximate surface area is 294 Å². The number of aromatic nitrogens is 3. The normalized spacial score (nSPS) is 12.3. The van der Waals surface area contributed by atoms with Crippen LogP contribution in [0.2, 0.25) is 0 Å². The zero-order valence-corrected chi connectivity index (χ0v) is 27.9. The van der Waals surface area contributed by atoms with Gasteiger partial charge >= 0.3 is 0 Å². The van der Waals surface area contributed by atoms with Crippen LogP contribution in [-0.2, 0) is 0 Å². The van der Waals surface area contributed by atoms with E-state index in [4.69, 9.17) is 14.4 Å². The molecule has 0 saturated heterocycles. The summed E-state index contributed by atoms with van der Waals surface area (Å²) in [5, 5.41) is 13.2. The number of furan rings is 1. The van der Waals surface area contributed by atoms with Gasteiger partial charge in [-0.25, -0.2) is 9.97 Å². The van der Waals surface area contributed by atoms with Gasteiger partial charge in [-0.1, -0.05) is 133 Å². The van der Waals surface area contributed by atoms with Gasteiger partial charge in [0, 0.05) is 37.2 Å². The highest BCUT2D eigenvalue weighted by molar-refractivity contribution is 7.27. The maximum absolute atomic E-state index is 6.40. The van der Waals surface area contributed by atoms with Gasteiger partial charge in [0.2, 0.25) is 5.71 Å². The van der Waals surface area contributed by atoms with Gasteiger partial charge in [0.1, 0.15) is 16.8 Å². The van der Waals surface area contributed by atoms with Gasteiger partial charge in [-0.05, 0) is 50.5 Å². The van der Waals surface area contributed by atoms with Crippen molar-refractivity contribution in [3.05, 3.63) is 152 Å². The summed E-state index contributed by atoms with van der Waals surface area (Å²) in [6.45, 7) is 0. The minimum Gasteiger partial charge on any atom is -0.436 e. The third kappa shape index (κ3) is 3.63. The Balaban J connectivity index is 1.35. The van der Waals surface area contributed by atoms with E-state index in [9.17, 15) is 0 Å². The molecule has 0 aliphatic carbocycles. The van der Waals surface area contributed by atoms with Gasteiger partial charge in [0.05, 0.1) is 15.7 Å². The summed E-state index contributed by atoms with van der Waals surface area (Å²) in [7, 11) is 0. The summed E-state index contributed by atoms with van der Waals surface area (Å²) < 4.78 is 11.3. The molecule has 12 rings (SSSR count). The molecule has 0 saturated carbocycles. The Morgan fingerprint density at radius 1 is 0.471 bits per heavy atom. The van der Waals surface area contributed by atoms with Crippen LogP contribution in [-0.4, -0.2) is 14.5 Å². The predicted octanol–water partition coefficient (Wildman–Crippen LogP) is 13.0. The molecule has 0 N–H and O–H groups in total. The molecule has 0 spiro atoms. The Bertz CT molecular complexity index is 3430. The molecule has 0 aliphatic heterocycles. The second-order valence-corrected chi connectivity index (χ2v) is 14.3. The first-order chi connectivity index (χ1) is 25.3. The molecule has 0 radical (unpaired) electrons. The van der Waals surface area contributed by atoms with E-state index in [-0.39, 0.29) is 0 Å². The van der Waals surface area contributed by atoms with Crippen LogP contribution in [0.1, 0.15) is 0 Å². The van der Waals surface area contributed by atoms with Gasteiger partial charge < -0.3 is 4.42 Å². The molecular formula is C46H25N3OS. The lowest BCUT2D eigenvalue weighted by atomic mass is 9.98. The molecule has 0 fully saturated rings. The molecule has 12 aromatic rings. The Hall–Kier alpha value is -6.56. The van der Waals surface area contributed by atoms with E-state index in [0.717, 1.165) is 55.4 Å². The quantitative estimate of drug-likeness (QED) is 0.184. The highest BCUT2D eigenvalue weighted by Gasteiger charge is 2.26. The number of hydrogen-bond donors (Lipinski definition) is 0. The molecule has 0 aliphatic rings. The zero-order valence-electron chi connectivity index (χ0n) is 27.1. The van der Waals surface area contributed by atoms with Gasteiger partial charge in [-0.2, -0.15) is 0 Å². The fourth-order valence-corrected chi connectivity index (χ4v) is 9.80. The molecule has 0 unspecified atom stereocenters. The van der Waals surface area contributed by atoms with Crippen LogP contribution in [0.5, 0.6) is 0 Å². The predicted molar refractivity (Wildman–Crippen MR) is 214 cm³/mol. The average Bonchev–Trinajstić information content (AvgIpc) is 3.87. The second-order valence-electron chi connectivity index (χ2n) is 13.3. The lowest BCUT2D eigenvalue weighted by Crippen LogP contribution is -2.03. The zero-order chi connectivity index (χ0) is 33.2. The van der Waals surface area contributed by atoms with Crippen LogP contribution in [0.4, 0.5) is 0 Å². The maximum Gasteiger partial charge on any atom is 0.247 e. The average molecular weight is 668 g/mol. The van der Waals surface area contributed by atoms with Crippen molar-refractivity contribution in [2.24, 2.45) is 0 Å². The van der Waals surface area contributed by atoms with Gasteiger partial charge in [0.25, 0.3) is 0 Å². The summed E-state index contributed by atoms with van der Waals surface area (Å²) in [4.78, 5) is 11.0. The number of para-hydroxylation sites is 2. The number of nitrogens with zero attached hydrogens (tertiary/aromatic N) is 3. The maximum atomic E-state index is 6.40. The van der Waals surface area contributed by atoms with Gasteiger partial charge in [-0.3, -0.25) is 4.57 Å². The highest BCUT2D eigenvalue weighted by Crippen LogP contribution is 2.50. The lowest BCUT2D eigenvalue weighted by molar-refractivity contribution is 0.653. The first-order valence-corrected chi connectivity index (χ1v) is 18.0. The number of rotatable bonds is 2. The van der Waals surface area contributed by atoms with E-state index >= 15 is 0 Å². The third-order valence-electron chi connectivity index (χ3n) is 10.6. The fourth-order valence-electron chi connectivity index (χ4n) is 8.41. The molecule has 4 aromatic heterocycles. The van der Waals surface area contributed by atoms with E-state index < -0.39 is 0 Å². The molecule has 0 amide bonds. The molecule has 5 heteroatoms. The largest absolute Gasteiger partial charge is 0.436 e. The molecule has 0 bridgehead atoms. The molecule has 236 valence electrons. The van der Waals surface area contributed by atoms with Crippen LogP contribution in [0, 0.1) is 0 Å². The minimum atomic E-state index is 0.535. The summed E-state index contributed by atoms with van der Waals surface area (Å²) in [6.07, 6.45) is 0. The second kappa shape index (κ2) is 10.0. The smallest absolute Gasteiger partial charge is 0.247 e. The highest BCUT2D eigenvalue weighted by atomic mass is 32.1. The third-order valence-corrected chi connectivity index (χ3v) is 11.8. The summed E-state index contributed by atoms with van der Waals surface area (Å²) in [5.41, 5.74) is 6.12. The van der Waals surface area contributed by atoms with Crippen LogP contribution < -0.4 is 0 Å². The van der Waals surface area contributed by atoms with E-state index in [1.807, 2.05) is 29.5 Å². The Morgan fingerprint density at radius 3 is 1.96 bits per heavy atom. The van der Waals surface area contributed by atoms with E-state index in [1.165, 1.54) is 52.5 Å². The van der Waals surface area contributed by atoms with E-state index in [0.29, 0.717) is 5.71 Å². The van der Waals surface area contributed by atoms with Crippen molar-refractivity contribution >= 4 is 108 Å². The van der Waals surface area contributed by atoms with E-state index in [2.05, 4.69) is 138 Å². The summed E-state index contributed by atoms with van der Waals surface area (Å²) >= 11 is 1.88. The fraction of sp³-hybridized carbons (Fsp3) is 0. The first kappa shape index (κ1) is 27.3. The summed E-state index contributed by atoms with van der Waals surface area (Å²) in [6, 6.07) is 54.0. The van der Waals surface area contributed by atoms with Crippen LogP contribution >= 0.6 is 11.3 Å². The van der Waals surface area contributed by atoms with Gasteiger partial charge in [-0.15, -0.1) is 11.3 Å². The van der Waals surface area contributed by atoms with Crippen LogP contribution in [0.15, 0.2) is 156 Å². The number of thiophene rings is 1. The number of hydrogen-bond acceptors (Lipinski definition) is 4. The minimum absolute atomic E-state index is 0.535. The SMILES string of the molecule is c1ccc2c(-c3nc4oc5ccccc5c4nc3-n3c4ccccc4c4c5ccccc5c5c6ccc7ccccc7c6sc5c43)cccc2c1. The van der Waals surface area contributed by atoms with Crippen LogP contribution in [0.25, 0.3) is 114 Å². The van der Waals surface area contributed by atoms with Crippen molar-refractivity contribution < 1.29 is 4.42 Å². The van der Waals surface area contributed by atoms with Crippen molar-refractivity contribution in [2.45, 2.75) is 0 Å². The topological polar surface area (TPSA) is 43.9 Å². The molecule has 4 nitrogen and oxygen atoms in total. The van der Waals surface area contributed by atoms with Gasteiger partial charge in [0.15, 0.2) is 5.82 Å². The van der Waals surface area contributed by atoms with Crippen molar-refractivity contribution in [3.63, 3.8) is 0 Å². The summed E-state index contributed by atoms with van der Waals surface area (Å²) in [5.74, 6) is 0.788. The molecule has 8 aromatic carbocycles. The Kier molecular flexibility index (Phi) is 5.35. The van der Waals surface area contributed by atoms with Crippen molar-refractivity contribution in [3.8, 4) is 17.1 Å². The number of fused-ring (bicyclic) bond motifs is 16. The molecule has 51 heavy (non-hydrogen) atoms. The standard InChI is InChI=1S/C46H25N3OS/c1-3-15-28-26(12-1)14-11-21-32(28)40-45(47-41-34-20-8-10-23-37(34)50-46(41)48-40)49-36-22-9-7-19-33(36)38-30-17-5-6-18-31(30)39-35-25-24-27-13-2-4-16-29(27)43(35)51-44(39)42(38)49/h1-25H. The Morgan fingerprint density at radius 2 is 1.12 bits per heavy atom. The lowest BCUT2D eigenvalue weighted by Gasteiger charge is -2.14. The molecular weight excluding hydrogens is 643 g/mol.